The number of aromatic carboxylic acids is 1. The van der Waals surface area contributed by atoms with Gasteiger partial charge in [-0.15, -0.1) is 0 Å². The van der Waals surface area contributed by atoms with Crippen LogP contribution in [0, 0.1) is 10.5 Å². The van der Waals surface area contributed by atoms with Gasteiger partial charge in [-0.25, -0.2) is 4.90 Å². The molecule has 6 heteroatoms. The largest absolute Gasteiger partial charge is 0.545 e. The molecule has 22 heavy (non-hydrogen) atoms. The molecule has 2 aromatic rings. The number of rotatable bonds is 2. The summed E-state index contributed by atoms with van der Waals surface area (Å²) in [4.78, 5) is 37.0. The van der Waals surface area contributed by atoms with Crippen LogP contribution in [-0.4, -0.2) is 17.8 Å². The Balaban J connectivity index is 2.12. The number of amides is 2. The molecule has 0 saturated heterocycles. The second-order valence-corrected chi connectivity index (χ2v) is 6.17. The lowest BCUT2D eigenvalue weighted by molar-refractivity contribution is -0.255. The number of carboxylic acids is 1. The van der Waals surface area contributed by atoms with E-state index in [1.165, 1.54) is 18.2 Å². The number of anilines is 1. The molecule has 0 N–H and O–H groups in total. The molecule has 110 valence electrons. The first-order valence-corrected chi connectivity index (χ1v) is 7.48. The lowest BCUT2D eigenvalue weighted by atomic mass is 10.1. The Labute approximate surface area is 139 Å². The molecule has 0 saturated carbocycles. The quantitative estimate of drug-likeness (QED) is 0.563. The van der Waals surface area contributed by atoms with Crippen molar-refractivity contribution in [2.24, 2.45) is 0 Å². The van der Waals surface area contributed by atoms with Gasteiger partial charge in [-0.3, -0.25) is 9.59 Å². The van der Waals surface area contributed by atoms with Crippen LogP contribution in [0.5, 0.6) is 0 Å². The molecule has 0 aliphatic carbocycles. The van der Waals surface area contributed by atoms with Gasteiger partial charge >= 0.3 is 0 Å². The third-order valence-corrected chi connectivity index (χ3v) is 4.19. The number of benzene rings is 2. The molecule has 1 aliphatic rings. The van der Waals surface area contributed by atoms with Crippen LogP contribution in [0.3, 0.4) is 0 Å². The van der Waals surface area contributed by atoms with Gasteiger partial charge in [0.15, 0.2) is 0 Å². The molecule has 0 fully saturated rings. The van der Waals surface area contributed by atoms with Gasteiger partial charge in [-0.1, -0.05) is 6.07 Å². The zero-order valence-electron chi connectivity index (χ0n) is 11.4. The van der Waals surface area contributed by atoms with Gasteiger partial charge in [0.1, 0.15) is 0 Å². The molecule has 0 aromatic heterocycles. The maximum Gasteiger partial charge on any atom is 0.266 e. The maximum absolute atomic E-state index is 12.5. The average molecular weight is 406 g/mol. The first-order valence-electron chi connectivity index (χ1n) is 6.40. The minimum absolute atomic E-state index is 0.0876. The summed E-state index contributed by atoms with van der Waals surface area (Å²) in [7, 11) is 0. The van der Waals surface area contributed by atoms with Gasteiger partial charge in [0, 0.05) is 3.57 Å². The Morgan fingerprint density at radius 1 is 1.05 bits per heavy atom. The molecule has 2 amide bonds. The van der Waals surface area contributed by atoms with Crippen molar-refractivity contribution in [3.63, 3.8) is 0 Å². The highest BCUT2D eigenvalue weighted by Crippen LogP contribution is 2.31. The minimum atomic E-state index is -1.38. The molecule has 0 atom stereocenters. The molecule has 5 nitrogen and oxygen atoms in total. The van der Waals surface area contributed by atoms with Crippen molar-refractivity contribution in [1.29, 1.82) is 0 Å². The lowest BCUT2D eigenvalue weighted by Crippen LogP contribution is -2.30. The van der Waals surface area contributed by atoms with Crippen LogP contribution in [0.1, 0.15) is 36.6 Å². The van der Waals surface area contributed by atoms with E-state index in [2.05, 4.69) is 22.6 Å². The van der Waals surface area contributed by atoms with E-state index in [9.17, 15) is 19.5 Å². The fraction of sp³-hybridized carbons (Fsp3) is 0.0625. The third kappa shape index (κ3) is 2.19. The number of aryl methyl sites for hydroxylation is 1. The van der Waals surface area contributed by atoms with Crippen LogP contribution in [0.25, 0.3) is 0 Å². The number of fused-ring (bicyclic) bond motifs is 1. The van der Waals surface area contributed by atoms with Crippen LogP contribution < -0.4 is 10.0 Å². The number of carbonyl (C=O) groups excluding carboxylic acids is 3. The predicted molar refractivity (Wildman–Crippen MR) is 85.8 cm³/mol. The SMILES string of the molecule is Cc1cc(I)ccc1N1C(=O)c2ccc(C(=O)[O-])cc2C1=O. The Kier molecular flexibility index (Phi) is 3.48. The number of carboxylic acid groups (broad SMARTS) is 1. The summed E-state index contributed by atoms with van der Waals surface area (Å²) >= 11 is 2.15. The normalized spacial score (nSPS) is 13.5. The molecule has 1 aliphatic heterocycles. The van der Waals surface area contributed by atoms with Crippen LogP contribution in [-0.2, 0) is 0 Å². The van der Waals surface area contributed by atoms with E-state index < -0.39 is 17.8 Å². The van der Waals surface area contributed by atoms with Crippen molar-refractivity contribution in [3.8, 4) is 0 Å². The maximum atomic E-state index is 12.5. The first-order chi connectivity index (χ1) is 10.4. The molecule has 2 aromatic carbocycles. The average Bonchev–Trinajstić information content (AvgIpc) is 2.71. The zero-order valence-corrected chi connectivity index (χ0v) is 13.6. The van der Waals surface area contributed by atoms with Crippen molar-refractivity contribution in [2.45, 2.75) is 6.92 Å². The van der Waals surface area contributed by atoms with Crippen LogP contribution in [0.2, 0.25) is 0 Å². The second kappa shape index (κ2) is 5.20. The van der Waals surface area contributed by atoms with E-state index in [-0.39, 0.29) is 16.7 Å². The minimum Gasteiger partial charge on any atom is -0.545 e. The Morgan fingerprint density at radius 2 is 1.73 bits per heavy atom. The molecule has 1 heterocycles. The van der Waals surface area contributed by atoms with Crippen LogP contribution >= 0.6 is 22.6 Å². The molecule has 0 bridgehead atoms. The van der Waals surface area contributed by atoms with Gasteiger partial charge in [0.05, 0.1) is 22.8 Å². The highest BCUT2D eigenvalue weighted by atomic mass is 127. The summed E-state index contributed by atoms with van der Waals surface area (Å²) in [6.07, 6.45) is 0. The number of hydrogen-bond donors (Lipinski definition) is 0. The van der Waals surface area contributed by atoms with Crippen molar-refractivity contribution >= 4 is 46.1 Å². The lowest BCUT2D eigenvalue weighted by Gasteiger charge is -2.16. The summed E-state index contributed by atoms with van der Waals surface area (Å²) in [5.41, 5.74) is 1.46. The topological polar surface area (TPSA) is 77.5 Å². The molecule has 0 spiro atoms. The fourth-order valence-corrected chi connectivity index (χ4v) is 3.10. The van der Waals surface area contributed by atoms with Gasteiger partial charge in [0.25, 0.3) is 11.8 Å². The van der Waals surface area contributed by atoms with E-state index in [1.807, 2.05) is 13.0 Å². The number of hydrogen-bond acceptors (Lipinski definition) is 4. The third-order valence-electron chi connectivity index (χ3n) is 3.52. The fourth-order valence-electron chi connectivity index (χ4n) is 2.46. The highest BCUT2D eigenvalue weighted by molar-refractivity contribution is 14.1. The summed E-state index contributed by atoms with van der Waals surface area (Å²) < 4.78 is 0.995. The zero-order chi connectivity index (χ0) is 16.0. The number of carbonyl (C=O) groups is 3. The number of nitrogens with zero attached hydrogens (tertiary/aromatic N) is 1. The Hall–Kier alpha value is -2.22. The van der Waals surface area contributed by atoms with E-state index in [0.29, 0.717) is 5.69 Å². The van der Waals surface area contributed by atoms with E-state index in [0.717, 1.165) is 14.0 Å². The van der Waals surface area contributed by atoms with Crippen LogP contribution in [0.4, 0.5) is 5.69 Å². The van der Waals surface area contributed by atoms with E-state index >= 15 is 0 Å². The van der Waals surface area contributed by atoms with Crippen molar-refractivity contribution in [3.05, 3.63) is 62.2 Å². The number of imide groups is 1. The summed E-state index contributed by atoms with van der Waals surface area (Å²) in [6.45, 7) is 1.81. The standard InChI is InChI=1S/C16H10INO4/c1-8-6-10(17)3-5-13(8)18-14(19)11-4-2-9(16(21)22)7-12(11)15(18)20/h2-7H,1H3,(H,21,22)/p-1. The van der Waals surface area contributed by atoms with Crippen LogP contribution in [0.15, 0.2) is 36.4 Å². The molecule has 3 rings (SSSR count). The first kappa shape index (κ1) is 14.7. The summed E-state index contributed by atoms with van der Waals surface area (Å²) in [5.74, 6) is -2.35. The van der Waals surface area contributed by atoms with Gasteiger partial charge in [0.2, 0.25) is 0 Å². The van der Waals surface area contributed by atoms with E-state index in [4.69, 9.17) is 0 Å². The smallest absolute Gasteiger partial charge is 0.266 e. The second-order valence-electron chi connectivity index (χ2n) is 4.92. The monoisotopic (exact) mass is 406 g/mol. The predicted octanol–water partition coefficient (Wildman–Crippen LogP) is 1.76. The molecular weight excluding hydrogens is 397 g/mol. The van der Waals surface area contributed by atoms with Crippen molar-refractivity contribution in [1.82, 2.24) is 0 Å². The van der Waals surface area contributed by atoms with E-state index in [1.54, 1.807) is 12.1 Å². The molecule has 0 radical (unpaired) electrons. The van der Waals surface area contributed by atoms with Crippen molar-refractivity contribution < 1.29 is 19.5 Å². The van der Waals surface area contributed by atoms with Gasteiger partial charge in [-0.2, -0.15) is 0 Å². The summed E-state index contributed by atoms with van der Waals surface area (Å²) in [6, 6.07) is 9.18. The number of halogens is 1. The van der Waals surface area contributed by atoms with Gasteiger partial charge in [-0.05, 0) is 71.0 Å². The highest BCUT2D eigenvalue weighted by Gasteiger charge is 2.37. The Morgan fingerprint density at radius 3 is 2.36 bits per heavy atom. The Bertz CT molecular complexity index is 844. The van der Waals surface area contributed by atoms with Gasteiger partial charge < -0.3 is 9.90 Å². The summed E-state index contributed by atoms with van der Waals surface area (Å²) in [5, 5.41) is 10.9. The van der Waals surface area contributed by atoms with Crippen molar-refractivity contribution in [2.75, 3.05) is 4.90 Å². The molecular formula is C16H9INO4-. The molecule has 0 unspecified atom stereocenters.